The molecule has 0 amide bonds. The highest BCUT2D eigenvalue weighted by molar-refractivity contribution is 4.78. The molecule has 0 heterocycles. The normalized spacial score (nSPS) is 26.6. The molecular formula is C14H29NO. The van der Waals surface area contributed by atoms with Gasteiger partial charge in [-0.3, -0.25) is 0 Å². The molecule has 16 heavy (non-hydrogen) atoms. The lowest BCUT2D eigenvalue weighted by atomic mass is 9.92. The maximum Gasteiger partial charge on any atom is 0.0576 e. The Balaban J connectivity index is 2.07. The molecule has 1 rings (SSSR count). The SMILES string of the molecule is CC(C)CCOC1CCC(NC(C)C)CC1. The second-order valence-electron chi connectivity index (χ2n) is 5.85. The van der Waals surface area contributed by atoms with Crippen molar-refractivity contribution in [2.75, 3.05) is 6.61 Å². The van der Waals surface area contributed by atoms with E-state index < -0.39 is 0 Å². The Kier molecular flexibility index (Phi) is 6.37. The lowest BCUT2D eigenvalue weighted by Crippen LogP contribution is -2.39. The van der Waals surface area contributed by atoms with Crippen LogP contribution in [-0.2, 0) is 4.74 Å². The van der Waals surface area contributed by atoms with Crippen molar-refractivity contribution in [2.24, 2.45) is 5.92 Å². The van der Waals surface area contributed by atoms with Crippen molar-refractivity contribution < 1.29 is 4.74 Å². The fourth-order valence-corrected chi connectivity index (χ4v) is 2.34. The molecule has 2 heteroatoms. The first-order chi connectivity index (χ1) is 7.58. The van der Waals surface area contributed by atoms with Crippen LogP contribution in [0.5, 0.6) is 0 Å². The molecule has 0 atom stereocenters. The van der Waals surface area contributed by atoms with E-state index in [0.717, 1.165) is 18.6 Å². The average Bonchev–Trinajstić information content (AvgIpc) is 2.19. The smallest absolute Gasteiger partial charge is 0.0576 e. The van der Waals surface area contributed by atoms with Crippen LogP contribution in [0.2, 0.25) is 0 Å². The molecule has 0 radical (unpaired) electrons. The molecular weight excluding hydrogens is 198 g/mol. The molecule has 96 valence electrons. The van der Waals surface area contributed by atoms with E-state index in [4.69, 9.17) is 4.74 Å². The Morgan fingerprint density at radius 3 is 2.19 bits per heavy atom. The van der Waals surface area contributed by atoms with Gasteiger partial charge >= 0.3 is 0 Å². The summed E-state index contributed by atoms with van der Waals surface area (Å²) < 4.78 is 5.92. The third-order valence-electron chi connectivity index (χ3n) is 3.29. The molecule has 0 bridgehead atoms. The van der Waals surface area contributed by atoms with Gasteiger partial charge in [0.1, 0.15) is 0 Å². The van der Waals surface area contributed by atoms with Crippen LogP contribution in [0.4, 0.5) is 0 Å². The van der Waals surface area contributed by atoms with Gasteiger partial charge in [0.2, 0.25) is 0 Å². The summed E-state index contributed by atoms with van der Waals surface area (Å²) in [5, 5.41) is 3.62. The van der Waals surface area contributed by atoms with Gasteiger partial charge in [0.25, 0.3) is 0 Å². The summed E-state index contributed by atoms with van der Waals surface area (Å²) in [6, 6.07) is 1.34. The molecule has 1 fully saturated rings. The van der Waals surface area contributed by atoms with E-state index in [1.165, 1.54) is 32.1 Å². The van der Waals surface area contributed by atoms with E-state index in [-0.39, 0.29) is 0 Å². The van der Waals surface area contributed by atoms with Gasteiger partial charge in [-0.1, -0.05) is 27.7 Å². The molecule has 0 aliphatic heterocycles. The van der Waals surface area contributed by atoms with Gasteiger partial charge in [0.05, 0.1) is 6.10 Å². The molecule has 2 nitrogen and oxygen atoms in total. The van der Waals surface area contributed by atoms with Crippen molar-refractivity contribution in [1.82, 2.24) is 5.32 Å². The van der Waals surface area contributed by atoms with Gasteiger partial charge in [0, 0.05) is 18.7 Å². The predicted octanol–water partition coefficient (Wildman–Crippen LogP) is 3.36. The molecule has 1 N–H and O–H groups in total. The molecule has 1 saturated carbocycles. The summed E-state index contributed by atoms with van der Waals surface area (Å²) in [5.41, 5.74) is 0. The van der Waals surface area contributed by atoms with Crippen molar-refractivity contribution in [2.45, 2.75) is 78.0 Å². The summed E-state index contributed by atoms with van der Waals surface area (Å²) in [5.74, 6) is 0.763. The number of hydrogen-bond donors (Lipinski definition) is 1. The van der Waals surface area contributed by atoms with Gasteiger partial charge in [-0.25, -0.2) is 0 Å². The van der Waals surface area contributed by atoms with Crippen LogP contribution in [0.3, 0.4) is 0 Å². The highest BCUT2D eigenvalue weighted by Gasteiger charge is 2.21. The van der Waals surface area contributed by atoms with Crippen molar-refractivity contribution in [3.63, 3.8) is 0 Å². The minimum Gasteiger partial charge on any atom is -0.378 e. The number of rotatable bonds is 6. The average molecular weight is 227 g/mol. The molecule has 0 aromatic heterocycles. The summed E-state index contributed by atoms with van der Waals surface area (Å²) >= 11 is 0. The molecule has 0 saturated heterocycles. The van der Waals surface area contributed by atoms with E-state index in [1.54, 1.807) is 0 Å². The van der Waals surface area contributed by atoms with E-state index in [2.05, 4.69) is 33.0 Å². The van der Waals surface area contributed by atoms with Gasteiger partial charge in [-0.2, -0.15) is 0 Å². The second-order valence-corrected chi connectivity index (χ2v) is 5.85. The molecule has 0 aromatic carbocycles. The van der Waals surface area contributed by atoms with Crippen LogP contribution in [0, 0.1) is 5.92 Å². The Morgan fingerprint density at radius 2 is 1.69 bits per heavy atom. The Bertz CT molecular complexity index is 172. The quantitative estimate of drug-likeness (QED) is 0.751. The number of ether oxygens (including phenoxy) is 1. The second kappa shape index (κ2) is 7.29. The van der Waals surface area contributed by atoms with Gasteiger partial charge in [-0.05, 0) is 38.0 Å². The van der Waals surface area contributed by atoms with E-state index in [1.807, 2.05) is 0 Å². The summed E-state index contributed by atoms with van der Waals surface area (Å²) in [6.07, 6.45) is 6.77. The molecule has 1 aliphatic carbocycles. The first-order valence-electron chi connectivity index (χ1n) is 6.95. The van der Waals surface area contributed by atoms with E-state index >= 15 is 0 Å². The first kappa shape index (κ1) is 14.0. The van der Waals surface area contributed by atoms with Crippen LogP contribution in [0.25, 0.3) is 0 Å². The van der Waals surface area contributed by atoms with Crippen LogP contribution < -0.4 is 5.32 Å². The van der Waals surface area contributed by atoms with Crippen LogP contribution in [0.1, 0.15) is 59.8 Å². The lowest BCUT2D eigenvalue weighted by molar-refractivity contribution is 0.0168. The van der Waals surface area contributed by atoms with Crippen LogP contribution in [0.15, 0.2) is 0 Å². The van der Waals surface area contributed by atoms with Gasteiger partial charge in [0.15, 0.2) is 0 Å². The minimum absolute atomic E-state index is 0.531. The Morgan fingerprint density at radius 1 is 1.06 bits per heavy atom. The van der Waals surface area contributed by atoms with Crippen LogP contribution in [-0.4, -0.2) is 24.8 Å². The monoisotopic (exact) mass is 227 g/mol. The minimum atomic E-state index is 0.531. The topological polar surface area (TPSA) is 21.3 Å². The van der Waals surface area contributed by atoms with Crippen molar-refractivity contribution in [3.8, 4) is 0 Å². The third-order valence-corrected chi connectivity index (χ3v) is 3.29. The first-order valence-corrected chi connectivity index (χ1v) is 6.95. The maximum atomic E-state index is 5.92. The maximum absolute atomic E-state index is 5.92. The van der Waals surface area contributed by atoms with Crippen molar-refractivity contribution in [3.05, 3.63) is 0 Å². The van der Waals surface area contributed by atoms with Gasteiger partial charge in [-0.15, -0.1) is 0 Å². The lowest BCUT2D eigenvalue weighted by Gasteiger charge is -2.30. The number of nitrogens with one attached hydrogen (secondary N) is 1. The molecule has 0 aromatic rings. The van der Waals surface area contributed by atoms with E-state index in [9.17, 15) is 0 Å². The number of hydrogen-bond acceptors (Lipinski definition) is 2. The molecule has 0 spiro atoms. The van der Waals surface area contributed by atoms with E-state index in [0.29, 0.717) is 12.1 Å². The standard InChI is InChI=1S/C14H29NO/c1-11(2)9-10-16-14-7-5-13(6-8-14)15-12(3)4/h11-15H,5-10H2,1-4H3. The summed E-state index contributed by atoms with van der Waals surface area (Å²) in [7, 11) is 0. The predicted molar refractivity (Wildman–Crippen MR) is 69.7 cm³/mol. The fourth-order valence-electron chi connectivity index (χ4n) is 2.34. The zero-order valence-electron chi connectivity index (χ0n) is 11.5. The fraction of sp³-hybridized carbons (Fsp3) is 1.00. The zero-order valence-corrected chi connectivity index (χ0v) is 11.5. The largest absolute Gasteiger partial charge is 0.378 e. The Labute approximate surface area is 101 Å². The molecule has 0 unspecified atom stereocenters. The van der Waals surface area contributed by atoms with Gasteiger partial charge < -0.3 is 10.1 Å². The molecule has 1 aliphatic rings. The zero-order chi connectivity index (χ0) is 12.0. The third kappa shape index (κ3) is 5.86. The highest BCUT2D eigenvalue weighted by Crippen LogP contribution is 2.22. The summed E-state index contributed by atoms with van der Waals surface area (Å²) in [6.45, 7) is 9.92. The highest BCUT2D eigenvalue weighted by atomic mass is 16.5. The summed E-state index contributed by atoms with van der Waals surface area (Å²) in [4.78, 5) is 0. The van der Waals surface area contributed by atoms with Crippen LogP contribution >= 0.6 is 0 Å². The van der Waals surface area contributed by atoms with Crippen molar-refractivity contribution in [1.29, 1.82) is 0 Å². The van der Waals surface area contributed by atoms with Crippen molar-refractivity contribution >= 4 is 0 Å². The Hall–Kier alpha value is -0.0800.